The van der Waals surface area contributed by atoms with Crippen molar-refractivity contribution < 1.29 is 9.53 Å². The van der Waals surface area contributed by atoms with E-state index in [4.69, 9.17) is 27.9 Å². The van der Waals surface area contributed by atoms with Crippen LogP contribution in [0.3, 0.4) is 0 Å². The maximum atomic E-state index is 11.3. The van der Waals surface area contributed by atoms with Crippen molar-refractivity contribution in [2.75, 3.05) is 7.11 Å². The second-order valence-corrected chi connectivity index (χ2v) is 8.83. The summed E-state index contributed by atoms with van der Waals surface area (Å²) in [6, 6.07) is 17.1. The molecule has 0 N–H and O–H groups in total. The largest absolute Gasteiger partial charge is 0.481 e. The molecule has 6 nitrogen and oxygen atoms in total. The van der Waals surface area contributed by atoms with E-state index in [9.17, 15) is 4.79 Å². The Kier molecular flexibility index (Phi) is 6.01. The number of pyridine rings is 2. The van der Waals surface area contributed by atoms with Gasteiger partial charge in [0.05, 0.1) is 34.1 Å². The number of aromatic nitrogens is 4. The summed E-state index contributed by atoms with van der Waals surface area (Å²) in [5, 5.41) is 6.04. The molecular formula is C27H20Cl2N4O2. The maximum Gasteiger partial charge on any atom is 0.216 e. The van der Waals surface area contributed by atoms with E-state index >= 15 is 0 Å². The molecule has 0 fully saturated rings. The number of hydrogen-bond acceptors (Lipinski definition) is 5. The van der Waals surface area contributed by atoms with E-state index in [1.807, 2.05) is 61.5 Å². The molecule has 0 saturated heterocycles. The van der Waals surface area contributed by atoms with E-state index in [-0.39, 0.29) is 0 Å². The van der Waals surface area contributed by atoms with Gasteiger partial charge in [0, 0.05) is 46.4 Å². The van der Waals surface area contributed by atoms with Crippen LogP contribution in [0.4, 0.5) is 0 Å². The molecule has 8 heteroatoms. The van der Waals surface area contributed by atoms with Crippen LogP contribution in [-0.4, -0.2) is 33.1 Å². The van der Waals surface area contributed by atoms with Crippen LogP contribution in [0.2, 0.25) is 10.0 Å². The van der Waals surface area contributed by atoms with Gasteiger partial charge >= 0.3 is 0 Å². The number of aldehydes is 1. The van der Waals surface area contributed by atoms with E-state index in [2.05, 4.69) is 15.1 Å². The number of fused-ring (bicyclic) bond motifs is 1. The summed E-state index contributed by atoms with van der Waals surface area (Å²) >= 11 is 13.8. The molecule has 5 aromatic rings. The Labute approximate surface area is 212 Å². The molecule has 174 valence electrons. The smallest absolute Gasteiger partial charge is 0.216 e. The van der Waals surface area contributed by atoms with Crippen LogP contribution >= 0.6 is 23.2 Å². The molecule has 3 aromatic heterocycles. The lowest BCUT2D eigenvalue weighted by atomic mass is 9.99. The van der Waals surface area contributed by atoms with Crippen molar-refractivity contribution in [1.29, 1.82) is 0 Å². The van der Waals surface area contributed by atoms with Gasteiger partial charge in [0.25, 0.3) is 0 Å². The van der Waals surface area contributed by atoms with Crippen LogP contribution in [-0.2, 0) is 7.05 Å². The SMILES string of the molecule is COc1nc(-c2cccc(-c3ccnc(-c4ccc5c(C=O)nn(C)c5c4)c3Cl)c2Cl)ccc1C. The van der Waals surface area contributed by atoms with Gasteiger partial charge in [0.2, 0.25) is 5.88 Å². The summed E-state index contributed by atoms with van der Waals surface area (Å²) in [5.41, 5.74) is 6.56. The van der Waals surface area contributed by atoms with Crippen molar-refractivity contribution in [3.63, 3.8) is 0 Å². The van der Waals surface area contributed by atoms with Gasteiger partial charge in [-0.05, 0) is 31.2 Å². The minimum Gasteiger partial charge on any atom is -0.481 e. The van der Waals surface area contributed by atoms with Crippen molar-refractivity contribution in [1.82, 2.24) is 19.7 Å². The molecule has 0 aliphatic carbocycles. The average Bonchev–Trinajstić information content (AvgIpc) is 3.20. The lowest BCUT2D eigenvalue weighted by molar-refractivity contribution is 0.111. The number of aryl methyl sites for hydroxylation is 2. The Morgan fingerprint density at radius 1 is 0.971 bits per heavy atom. The highest BCUT2D eigenvalue weighted by molar-refractivity contribution is 6.39. The van der Waals surface area contributed by atoms with Crippen LogP contribution in [0, 0.1) is 6.92 Å². The first-order valence-electron chi connectivity index (χ1n) is 10.8. The van der Waals surface area contributed by atoms with Gasteiger partial charge in [-0.1, -0.05) is 53.5 Å². The molecule has 35 heavy (non-hydrogen) atoms. The van der Waals surface area contributed by atoms with Gasteiger partial charge < -0.3 is 4.74 Å². The lowest BCUT2D eigenvalue weighted by Crippen LogP contribution is -1.95. The van der Waals surface area contributed by atoms with Gasteiger partial charge in [0.15, 0.2) is 6.29 Å². The summed E-state index contributed by atoms with van der Waals surface area (Å²) in [7, 11) is 3.39. The van der Waals surface area contributed by atoms with Crippen molar-refractivity contribution >= 4 is 40.4 Å². The second kappa shape index (κ2) is 9.13. The van der Waals surface area contributed by atoms with Gasteiger partial charge in [-0.3, -0.25) is 14.5 Å². The van der Waals surface area contributed by atoms with Crippen LogP contribution in [0.1, 0.15) is 16.1 Å². The molecule has 2 aromatic carbocycles. The van der Waals surface area contributed by atoms with Gasteiger partial charge in [-0.2, -0.15) is 5.10 Å². The lowest BCUT2D eigenvalue weighted by Gasteiger charge is -2.14. The average molecular weight is 503 g/mol. The van der Waals surface area contributed by atoms with Crippen LogP contribution in [0.25, 0.3) is 44.5 Å². The number of carbonyl (C=O) groups excluding carboxylic acids is 1. The Hall–Kier alpha value is -3.74. The Balaban J connectivity index is 1.63. The van der Waals surface area contributed by atoms with E-state index in [1.165, 1.54) is 0 Å². The minimum absolute atomic E-state index is 0.395. The summed E-state index contributed by atoms with van der Waals surface area (Å²) in [6.07, 6.45) is 2.46. The monoisotopic (exact) mass is 502 g/mol. The number of ether oxygens (including phenoxy) is 1. The van der Waals surface area contributed by atoms with Crippen molar-refractivity contribution in [3.05, 3.63) is 82.1 Å². The third-order valence-electron chi connectivity index (χ3n) is 5.96. The molecule has 0 saturated carbocycles. The van der Waals surface area contributed by atoms with Crippen molar-refractivity contribution in [2.45, 2.75) is 6.92 Å². The van der Waals surface area contributed by atoms with Crippen molar-refractivity contribution in [2.24, 2.45) is 7.05 Å². The summed E-state index contributed by atoms with van der Waals surface area (Å²) in [5.74, 6) is 0.552. The molecule has 0 aliphatic heterocycles. The van der Waals surface area contributed by atoms with E-state index in [0.29, 0.717) is 33.0 Å². The predicted molar refractivity (Wildman–Crippen MR) is 139 cm³/mol. The number of hydrogen-bond donors (Lipinski definition) is 0. The molecule has 0 bridgehead atoms. The molecule has 0 radical (unpaired) electrons. The Bertz CT molecular complexity index is 1610. The fraction of sp³-hybridized carbons (Fsp3) is 0.111. The highest BCUT2D eigenvalue weighted by Gasteiger charge is 2.18. The molecule has 0 atom stereocenters. The fourth-order valence-electron chi connectivity index (χ4n) is 4.18. The first-order valence-corrected chi connectivity index (χ1v) is 11.6. The molecule has 0 aliphatic rings. The number of methoxy groups -OCH3 is 1. The molecular weight excluding hydrogens is 483 g/mol. The number of halogens is 2. The van der Waals surface area contributed by atoms with E-state index < -0.39 is 0 Å². The number of nitrogens with zero attached hydrogens (tertiary/aromatic N) is 4. The first kappa shape index (κ1) is 23.0. The zero-order valence-electron chi connectivity index (χ0n) is 19.2. The summed E-state index contributed by atoms with van der Waals surface area (Å²) in [6.45, 7) is 1.94. The maximum absolute atomic E-state index is 11.3. The highest BCUT2D eigenvalue weighted by atomic mass is 35.5. The molecule has 0 spiro atoms. The van der Waals surface area contributed by atoms with Gasteiger partial charge in [0.1, 0.15) is 5.69 Å². The molecule has 0 unspecified atom stereocenters. The normalized spacial score (nSPS) is 11.1. The van der Waals surface area contributed by atoms with Gasteiger partial charge in [-0.15, -0.1) is 0 Å². The van der Waals surface area contributed by atoms with Gasteiger partial charge in [-0.25, -0.2) is 4.98 Å². The van der Waals surface area contributed by atoms with Crippen LogP contribution in [0.5, 0.6) is 5.88 Å². The zero-order valence-corrected chi connectivity index (χ0v) is 20.7. The number of rotatable bonds is 5. The number of benzene rings is 2. The summed E-state index contributed by atoms with van der Waals surface area (Å²) in [4.78, 5) is 20.5. The predicted octanol–water partition coefficient (Wildman–Crippen LogP) is 6.80. The zero-order chi connectivity index (χ0) is 24.7. The number of carbonyl (C=O) groups is 1. The second-order valence-electron chi connectivity index (χ2n) is 8.07. The van der Waals surface area contributed by atoms with Crippen LogP contribution in [0.15, 0.2) is 60.8 Å². The highest BCUT2D eigenvalue weighted by Crippen LogP contribution is 2.42. The van der Waals surface area contributed by atoms with Crippen LogP contribution < -0.4 is 4.74 Å². The standard InChI is InChI=1S/C27H20Cl2N4O2/c1-15-7-10-21(31-27(15)35-3)20-6-4-5-17(24(20)28)18-11-12-30-26(25(18)29)16-8-9-19-22(14-34)32-33(2)23(19)13-16/h4-14H,1-3H3. The third kappa shape index (κ3) is 3.95. The Morgan fingerprint density at radius 2 is 1.74 bits per heavy atom. The Morgan fingerprint density at radius 3 is 2.51 bits per heavy atom. The molecule has 3 heterocycles. The molecule has 0 amide bonds. The topological polar surface area (TPSA) is 69.9 Å². The quantitative estimate of drug-likeness (QED) is 0.247. The molecule has 5 rings (SSSR count). The minimum atomic E-state index is 0.395. The third-order valence-corrected chi connectivity index (χ3v) is 6.75. The van der Waals surface area contributed by atoms with Crippen molar-refractivity contribution in [3.8, 4) is 39.5 Å². The first-order chi connectivity index (χ1) is 16.9. The fourth-order valence-corrected chi connectivity index (χ4v) is 4.82. The summed E-state index contributed by atoms with van der Waals surface area (Å²) < 4.78 is 7.05. The van der Waals surface area contributed by atoms with E-state index in [0.717, 1.165) is 45.0 Å². The van der Waals surface area contributed by atoms with E-state index in [1.54, 1.807) is 25.0 Å².